The Balaban J connectivity index is 1.76. The molecule has 5 heteroatoms. The molecule has 0 amide bonds. The van der Waals surface area contributed by atoms with Crippen LogP contribution in [0, 0.1) is 0 Å². The number of halogens is 1. The summed E-state index contributed by atoms with van der Waals surface area (Å²) < 4.78 is 2.91. The van der Waals surface area contributed by atoms with Crippen molar-refractivity contribution in [1.82, 2.24) is 15.0 Å². The second-order valence-electron chi connectivity index (χ2n) is 6.10. The van der Waals surface area contributed by atoms with Crippen molar-refractivity contribution in [3.8, 4) is 16.9 Å². The van der Waals surface area contributed by atoms with Crippen molar-refractivity contribution < 1.29 is 0 Å². The van der Waals surface area contributed by atoms with E-state index < -0.39 is 0 Å². The van der Waals surface area contributed by atoms with E-state index in [2.05, 4.69) is 73.6 Å². The van der Waals surface area contributed by atoms with Crippen LogP contribution in [0.3, 0.4) is 0 Å². The molecule has 0 aliphatic rings. The number of anilines is 1. The van der Waals surface area contributed by atoms with Gasteiger partial charge in [0.15, 0.2) is 0 Å². The normalized spacial score (nSPS) is 11.0. The molecule has 0 N–H and O–H groups in total. The van der Waals surface area contributed by atoms with Gasteiger partial charge in [-0.1, -0.05) is 57.5 Å². The van der Waals surface area contributed by atoms with Crippen molar-refractivity contribution in [1.29, 1.82) is 0 Å². The molecule has 0 saturated carbocycles. The summed E-state index contributed by atoms with van der Waals surface area (Å²) in [5.74, 6) is 0. The van der Waals surface area contributed by atoms with E-state index in [4.69, 9.17) is 0 Å². The summed E-state index contributed by atoms with van der Waals surface area (Å²) in [4.78, 5) is 2.08. The Morgan fingerprint density at radius 2 is 1.60 bits per heavy atom. The van der Waals surface area contributed by atoms with Crippen LogP contribution < -0.4 is 4.90 Å². The number of hydrogen-bond acceptors (Lipinski definition) is 3. The van der Waals surface area contributed by atoms with Gasteiger partial charge < -0.3 is 4.90 Å². The van der Waals surface area contributed by atoms with Crippen LogP contribution in [-0.4, -0.2) is 29.1 Å². The molecule has 4 nitrogen and oxygen atoms in total. The van der Waals surface area contributed by atoms with Gasteiger partial charge in [0.25, 0.3) is 0 Å². The minimum Gasteiger partial charge on any atom is -0.378 e. The smallest absolute Gasteiger partial charge is 0.113 e. The second-order valence-corrected chi connectivity index (χ2v) is 6.96. The highest BCUT2D eigenvalue weighted by atomic mass is 79.9. The van der Waals surface area contributed by atoms with Gasteiger partial charge in [0.05, 0.1) is 11.9 Å². The number of nitrogens with zero attached hydrogens (tertiary/aromatic N) is 4. The Morgan fingerprint density at radius 3 is 2.36 bits per heavy atom. The third kappa shape index (κ3) is 2.91. The van der Waals surface area contributed by atoms with E-state index in [1.54, 1.807) is 0 Å². The van der Waals surface area contributed by atoms with Gasteiger partial charge in [-0.25, -0.2) is 4.68 Å². The van der Waals surface area contributed by atoms with Gasteiger partial charge in [-0.2, -0.15) is 0 Å². The Hall–Kier alpha value is -2.66. The Bertz CT molecular complexity index is 1040. The van der Waals surface area contributed by atoms with Crippen molar-refractivity contribution in [2.75, 3.05) is 19.0 Å². The molecule has 0 spiro atoms. The monoisotopic (exact) mass is 392 g/mol. The molecule has 1 heterocycles. The fraction of sp³-hybridized carbons (Fsp3) is 0.100. The summed E-state index contributed by atoms with van der Waals surface area (Å²) in [6, 6.07) is 20.7. The van der Waals surface area contributed by atoms with Crippen molar-refractivity contribution >= 4 is 32.4 Å². The number of rotatable bonds is 3. The lowest BCUT2D eigenvalue weighted by molar-refractivity contribution is 0.809. The summed E-state index contributed by atoms with van der Waals surface area (Å²) >= 11 is 3.61. The minimum absolute atomic E-state index is 0.859. The van der Waals surface area contributed by atoms with Crippen molar-refractivity contribution in [3.63, 3.8) is 0 Å². The van der Waals surface area contributed by atoms with Gasteiger partial charge >= 0.3 is 0 Å². The average molecular weight is 393 g/mol. The van der Waals surface area contributed by atoms with E-state index in [1.807, 2.05) is 43.2 Å². The summed E-state index contributed by atoms with van der Waals surface area (Å²) in [5.41, 5.74) is 4.09. The average Bonchev–Trinajstić information content (AvgIpc) is 3.12. The van der Waals surface area contributed by atoms with Crippen LogP contribution in [0.4, 0.5) is 5.69 Å². The van der Waals surface area contributed by atoms with Gasteiger partial charge in [-0.15, -0.1) is 5.10 Å². The third-order valence-corrected chi connectivity index (χ3v) is 4.96. The molecule has 0 atom stereocenters. The number of aromatic nitrogens is 3. The molecule has 0 fully saturated rings. The maximum atomic E-state index is 4.35. The fourth-order valence-electron chi connectivity index (χ4n) is 2.90. The van der Waals surface area contributed by atoms with Crippen molar-refractivity contribution in [2.45, 2.75) is 0 Å². The molecule has 124 valence electrons. The quantitative estimate of drug-likeness (QED) is 0.496. The summed E-state index contributed by atoms with van der Waals surface area (Å²) in [6.45, 7) is 0. The zero-order chi connectivity index (χ0) is 17.4. The highest BCUT2D eigenvalue weighted by molar-refractivity contribution is 9.10. The van der Waals surface area contributed by atoms with Crippen LogP contribution >= 0.6 is 15.9 Å². The molecule has 25 heavy (non-hydrogen) atoms. The predicted molar refractivity (Wildman–Crippen MR) is 106 cm³/mol. The third-order valence-electron chi connectivity index (χ3n) is 4.27. The lowest BCUT2D eigenvalue weighted by Gasteiger charge is -2.11. The van der Waals surface area contributed by atoms with E-state index >= 15 is 0 Å². The standard InChI is InChI=1S/C20H17BrN4/c1-24(2)15-11-9-14(10-12-15)19-13-25(23-22-19)20-8-4-5-16-17(20)6-3-7-18(16)21/h3-13H,1-2H3. The molecule has 1 aromatic heterocycles. The van der Waals surface area contributed by atoms with Gasteiger partial charge in [0.2, 0.25) is 0 Å². The molecule has 0 bridgehead atoms. The van der Waals surface area contributed by atoms with E-state index in [0.717, 1.165) is 37.9 Å². The zero-order valence-corrected chi connectivity index (χ0v) is 15.6. The van der Waals surface area contributed by atoms with Crippen LogP contribution in [0.5, 0.6) is 0 Å². The van der Waals surface area contributed by atoms with Gasteiger partial charge in [0.1, 0.15) is 5.69 Å². The van der Waals surface area contributed by atoms with Crippen LogP contribution in [0.15, 0.2) is 71.3 Å². The molecular weight excluding hydrogens is 376 g/mol. The van der Waals surface area contributed by atoms with E-state index in [-0.39, 0.29) is 0 Å². The summed E-state index contributed by atoms with van der Waals surface area (Å²) in [7, 11) is 4.06. The molecular formula is C20H17BrN4. The Labute approximate surface area is 154 Å². The van der Waals surface area contributed by atoms with E-state index in [9.17, 15) is 0 Å². The van der Waals surface area contributed by atoms with Crippen LogP contribution in [-0.2, 0) is 0 Å². The second kappa shape index (κ2) is 6.33. The number of benzene rings is 3. The maximum Gasteiger partial charge on any atom is 0.113 e. The largest absolute Gasteiger partial charge is 0.378 e. The maximum absolute atomic E-state index is 4.35. The zero-order valence-electron chi connectivity index (χ0n) is 14.0. The first kappa shape index (κ1) is 15.8. The van der Waals surface area contributed by atoms with Crippen LogP contribution in [0.25, 0.3) is 27.7 Å². The van der Waals surface area contributed by atoms with Crippen LogP contribution in [0.1, 0.15) is 0 Å². The molecule has 4 aromatic rings. The first-order valence-corrected chi connectivity index (χ1v) is 8.80. The minimum atomic E-state index is 0.859. The molecule has 3 aromatic carbocycles. The van der Waals surface area contributed by atoms with Gasteiger partial charge in [-0.3, -0.25) is 0 Å². The SMILES string of the molecule is CN(C)c1ccc(-c2cn(-c3cccc4c(Br)cccc34)nn2)cc1. The highest BCUT2D eigenvalue weighted by Gasteiger charge is 2.09. The van der Waals surface area contributed by atoms with E-state index in [1.165, 1.54) is 0 Å². The van der Waals surface area contributed by atoms with E-state index in [0.29, 0.717) is 0 Å². The highest BCUT2D eigenvalue weighted by Crippen LogP contribution is 2.29. The first-order valence-electron chi connectivity index (χ1n) is 8.01. The van der Waals surface area contributed by atoms with Crippen LogP contribution in [0.2, 0.25) is 0 Å². The molecule has 0 aliphatic heterocycles. The lowest BCUT2D eigenvalue weighted by atomic mass is 10.1. The molecule has 0 radical (unpaired) electrons. The lowest BCUT2D eigenvalue weighted by Crippen LogP contribution is -2.07. The molecule has 0 aliphatic carbocycles. The Morgan fingerprint density at radius 1 is 0.880 bits per heavy atom. The number of fused-ring (bicyclic) bond motifs is 1. The van der Waals surface area contributed by atoms with Gasteiger partial charge in [-0.05, 0) is 29.7 Å². The molecule has 0 saturated heterocycles. The van der Waals surface area contributed by atoms with Crippen molar-refractivity contribution in [3.05, 3.63) is 71.3 Å². The Kier molecular flexibility index (Phi) is 4.01. The van der Waals surface area contributed by atoms with Crippen molar-refractivity contribution in [2.24, 2.45) is 0 Å². The summed E-state index contributed by atoms with van der Waals surface area (Å²) in [5, 5.41) is 11.0. The fourth-order valence-corrected chi connectivity index (χ4v) is 3.40. The predicted octanol–water partition coefficient (Wildman–Crippen LogP) is 4.92. The summed E-state index contributed by atoms with van der Waals surface area (Å²) in [6.07, 6.45) is 1.97. The number of hydrogen-bond donors (Lipinski definition) is 0. The molecule has 4 rings (SSSR count). The first-order chi connectivity index (χ1) is 12.1. The molecule has 0 unspecified atom stereocenters. The topological polar surface area (TPSA) is 34.0 Å². The van der Waals surface area contributed by atoms with Gasteiger partial charge in [0, 0.05) is 35.2 Å².